The Labute approximate surface area is 59.7 Å². The van der Waals surface area contributed by atoms with Gasteiger partial charge in [-0.25, -0.2) is 0 Å². The van der Waals surface area contributed by atoms with Gasteiger partial charge in [-0.3, -0.25) is 0 Å². The van der Waals surface area contributed by atoms with Crippen molar-refractivity contribution in [2.24, 2.45) is 5.92 Å². The molecular weight excluding hydrogens is 108 g/mol. The maximum absolute atomic E-state index is 2.28. The van der Waals surface area contributed by atoms with Crippen molar-refractivity contribution in [3.05, 3.63) is 5.92 Å². The fourth-order valence-corrected chi connectivity index (χ4v) is 0.864. The summed E-state index contributed by atoms with van der Waals surface area (Å²) < 4.78 is 0. The van der Waals surface area contributed by atoms with Crippen LogP contribution in [0.15, 0.2) is 0 Å². The summed E-state index contributed by atoms with van der Waals surface area (Å²) in [4.78, 5) is 0. The molecule has 56 valence electrons. The van der Waals surface area contributed by atoms with Crippen molar-refractivity contribution in [2.45, 2.75) is 47.0 Å². The Balaban J connectivity index is 2.91. The lowest BCUT2D eigenvalue weighted by Crippen LogP contribution is -1.89. The Morgan fingerprint density at radius 1 is 1.22 bits per heavy atom. The Kier molecular flexibility index (Phi) is 4.84. The summed E-state index contributed by atoms with van der Waals surface area (Å²) in [6, 6.07) is 0. The average molecular weight is 127 g/mol. The molecule has 0 fully saturated rings. The van der Waals surface area contributed by atoms with Gasteiger partial charge in [-0.05, 0) is 5.92 Å². The van der Waals surface area contributed by atoms with E-state index in [1.54, 1.807) is 5.92 Å². The van der Waals surface area contributed by atoms with E-state index in [1.165, 1.54) is 19.3 Å². The van der Waals surface area contributed by atoms with Crippen LogP contribution in [0.2, 0.25) is 0 Å². The molecule has 0 N–H and O–H groups in total. The quantitative estimate of drug-likeness (QED) is 0.507. The maximum atomic E-state index is 2.28. The van der Waals surface area contributed by atoms with Gasteiger partial charge in [0.1, 0.15) is 0 Å². The maximum Gasteiger partial charge on any atom is -0.0472 e. The lowest BCUT2D eigenvalue weighted by molar-refractivity contribution is 0.543. The Bertz CT molecular complexity index is 45.1. The third-order valence-corrected chi connectivity index (χ3v) is 1.46. The number of hydrogen-bond acceptors (Lipinski definition) is 0. The second-order valence-corrected chi connectivity index (χ2v) is 3.49. The third-order valence-electron chi connectivity index (χ3n) is 1.46. The van der Waals surface area contributed by atoms with Crippen LogP contribution in [0.4, 0.5) is 0 Å². The van der Waals surface area contributed by atoms with Crippen molar-refractivity contribution >= 4 is 0 Å². The van der Waals surface area contributed by atoms with E-state index in [9.17, 15) is 0 Å². The van der Waals surface area contributed by atoms with Gasteiger partial charge in [0.05, 0.1) is 0 Å². The van der Waals surface area contributed by atoms with E-state index >= 15 is 0 Å². The van der Waals surface area contributed by atoms with Gasteiger partial charge in [0, 0.05) is 0 Å². The molecule has 0 heterocycles. The first-order valence-electron chi connectivity index (χ1n) is 3.92. The van der Waals surface area contributed by atoms with E-state index in [0.717, 1.165) is 5.92 Å². The van der Waals surface area contributed by atoms with Gasteiger partial charge in [-0.15, -0.1) is 0 Å². The predicted octanol–water partition coefficient (Wildman–Crippen LogP) is 3.43. The van der Waals surface area contributed by atoms with Gasteiger partial charge in [-0.2, -0.15) is 20.3 Å². The van der Waals surface area contributed by atoms with Gasteiger partial charge in [0.2, 0.25) is 0 Å². The van der Waals surface area contributed by atoms with Crippen molar-refractivity contribution in [1.29, 1.82) is 0 Å². The minimum atomic E-state index is 0.879. The van der Waals surface area contributed by atoms with Gasteiger partial charge >= 0.3 is 0 Å². The number of hydrogen-bond donors (Lipinski definition) is 0. The molecule has 0 heteroatoms. The molecule has 0 aliphatic rings. The fourth-order valence-electron chi connectivity index (χ4n) is 0.864. The highest BCUT2D eigenvalue weighted by Crippen LogP contribution is 2.12. The molecule has 0 unspecified atom stereocenters. The van der Waals surface area contributed by atoms with Gasteiger partial charge in [-0.1, -0.05) is 26.7 Å². The van der Waals surface area contributed by atoms with Crippen molar-refractivity contribution in [3.8, 4) is 0 Å². The highest BCUT2D eigenvalue weighted by molar-refractivity contribution is 4.75. The van der Waals surface area contributed by atoms with E-state index in [0.29, 0.717) is 0 Å². The van der Waals surface area contributed by atoms with Crippen molar-refractivity contribution in [1.82, 2.24) is 0 Å². The zero-order valence-corrected chi connectivity index (χ0v) is 7.20. The first-order chi connectivity index (χ1) is 4.13. The molecule has 0 atom stereocenters. The zero-order chi connectivity index (χ0) is 7.28. The molecule has 0 amide bonds. The lowest BCUT2D eigenvalue weighted by atomic mass is 10.0. The second-order valence-electron chi connectivity index (χ2n) is 3.49. The van der Waals surface area contributed by atoms with E-state index < -0.39 is 0 Å². The summed E-state index contributed by atoms with van der Waals surface area (Å²) in [7, 11) is 0. The molecule has 0 saturated carbocycles. The minimum absolute atomic E-state index is 0.879. The number of rotatable bonds is 4. The third kappa shape index (κ3) is 8.00. The molecule has 0 rings (SSSR count). The van der Waals surface area contributed by atoms with Crippen LogP contribution in [0, 0.1) is 11.8 Å². The zero-order valence-electron chi connectivity index (χ0n) is 7.20. The SMILES string of the molecule is C[C-](C)CCCC(C)C. The summed E-state index contributed by atoms with van der Waals surface area (Å²) in [5.41, 5.74) is 0. The fraction of sp³-hybridized carbons (Fsp3) is 0.889. The molecule has 0 bridgehead atoms. The van der Waals surface area contributed by atoms with Crippen LogP contribution in [-0.2, 0) is 0 Å². The van der Waals surface area contributed by atoms with Crippen LogP contribution >= 0.6 is 0 Å². The largest absolute Gasteiger partial charge is 0.320 e. The first kappa shape index (κ1) is 9.00. The minimum Gasteiger partial charge on any atom is -0.320 e. The monoisotopic (exact) mass is 127 g/mol. The van der Waals surface area contributed by atoms with Crippen LogP contribution in [-0.4, -0.2) is 0 Å². The lowest BCUT2D eigenvalue weighted by Gasteiger charge is -2.16. The van der Waals surface area contributed by atoms with E-state index in [1.807, 2.05) is 0 Å². The topological polar surface area (TPSA) is 0 Å². The normalized spacial score (nSPS) is 11.3. The molecule has 0 spiro atoms. The standard InChI is InChI=1S/C9H19/c1-8(2)6-5-7-9(3)4/h8H,5-7H2,1-4H3/q-1. The highest BCUT2D eigenvalue weighted by Gasteiger charge is 1.89. The van der Waals surface area contributed by atoms with Crippen LogP contribution < -0.4 is 0 Å². The van der Waals surface area contributed by atoms with E-state index in [4.69, 9.17) is 0 Å². The summed E-state index contributed by atoms with van der Waals surface area (Å²) in [6.45, 7) is 8.98. The van der Waals surface area contributed by atoms with Crippen LogP contribution in [0.5, 0.6) is 0 Å². The van der Waals surface area contributed by atoms with Gasteiger partial charge in [0.15, 0.2) is 0 Å². The Hall–Kier alpha value is 0. The Morgan fingerprint density at radius 2 is 1.78 bits per heavy atom. The molecule has 0 aromatic rings. The molecule has 0 aromatic carbocycles. The molecule has 0 radical (unpaired) electrons. The van der Waals surface area contributed by atoms with Crippen LogP contribution in [0.1, 0.15) is 47.0 Å². The molecule has 0 nitrogen and oxygen atoms in total. The van der Waals surface area contributed by atoms with Crippen molar-refractivity contribution in [2.75, 3.05) is 0 Å². The van der Waals surface area contributed by atoms with Crippen molar-refractivity contribution < 1.29 is 0 Å². The predicted molar refractivity (Wildman–Crippen MR) is 43.3 cm³/mol. The molecule has 0 aliphatic carbocycles. The second kappa shape index (κ2) is 4.84. The highest BCUT2D eigenvalue weighted by atomic mass is 14.0. The Morgan fingerprint density at radius 3 is 2.11 bits per heavy atom. The summed E-state index contributed by atoms with van der Waals surface area (Å²) in [6.07, 6.45) is 4.07. The van der Waals surface area contributed by atoms with Crippen LogP contribution in [0.25, 0.3) is 0 Å². The first-order valence-corrected chi connectivity index (χ1v) is 3.92. The molecule has 0 aromatic heterocycles. The van der Waals surface area contributed by atoms with Crippen LogP contribution in [0.3, 0.4) is 0 Å². The molecule has 0 saturated heterocycles. The summed E-state index contributed by atoms with van der Waals surface area (Å²) >= 11 is 0. The molecule has 9 heavy (non-hydrogen) atoms. The van der Waals surface area contributed by atoms with E-state index in [-0.39, 0.29) is 0 Å². The average Bonchev–Trinajstić information content (AvgIpc) is 1.63. The van der Waals surface area contributed by atoms with Gasteiger partial charge in [0.25, 0.3) is 0 Å². The van der Waals surface area contributed by atoms with Crippen molar-refractivity contribution in [3.63, 3.8) is 0 Å². The summed E-state index contributed by atoms with van der Waals surface area (Å²) in [5, 5.41) is 0. The molecular formula is C9H19-. The smallest absolute Gasteiger partial charge is 0.0472 e. The van der Waals surface area contributed by atoms with Gasteiger partial charge < -0.3 is 5.92 Å². The van der Waals surface area contributed by atoms with E-state index in [2.05, 4.69) is 27.7 Å². The molecule has 0 aliphatic heterocycles. The summed E-state index contributed by atoms with van der Waals surface area (Å²) in [5.74, 6) is 2.44.